The molecule has 0 saturated carbocycles. The van der Waals surface area contributed by atoms with Crippen molar-refractivity contribution < 1.29 is 29.0 Å². The van der Waals surface area contributed by atoms with E-state index in [9.17, 15) is 29.8 Å². The fourth-order valence-corrected chi connectivity index (χ4v) is 3.77. The van der Waals surface area contributed by atoms with E-state index in [-0.39, 0.29) is 23.4 Å². The van der Waals surface area contributed by atoms with Crippen LogP contribution in [0.3, 0.4) is 0 Å². The van der Waals surface area contributed by atoms with Crippen molar-refractivity contribution >= 4 is 28.8 Å². The molecular formula is C24H19N3O8. The fraction of sp³-hybridized carbons (Fsp3) is 0.167. The van der Waals surface area contributed by atoms with Crippen LogP contribution in [0, 0.1) is 20.2 Å². The molecule has 3 aromatic rings. The predicted octanol–water partition coefficient (Wildman–Crippen LogP) is 4.53. The molecule has 11 nitrogen and oxygen atoms in total. The molecular weight excluding hydrogens is 458 g/mol. The van der Waals surface area contributed by atoms with Gasteiger partial charge in [0.05, 0.1) is 33.6 Å². The standard InChI is InChI=1S/C24H19N3O8/c1-16(28)24(34-23(29)17-10-12-20(13-11-17)26(30)31)15-22(18-6-5-9-21(14-18)27(32)33)25(35-24)19-7-3-2-4-8-19/h2-14,22H,15H2,1H3/t22-,24+/m1/s1. The van der Waals surface area contributed by atoms with Gasteiger partial charge < -0.3 is 4.74 Å². The van der Waals surface area contributed by atoms with Crippen LogP contribution in [-0.4, -0.2) is 27.4 Å². The first-order valence-corrected chi connectivity index (χ1v) is 10.5. The SMILES string of the molecule is CC(=O)[C@]1(OC(=O)c2ccc([N+](=O)[O-])cc2)C[C@H](c2cccc([N+](=O)[O-])c2)N(c2ccccc2)O1. The summed E-state index contributed by atoms with van der Waals surface area (Å²) in [6, 6.07) is 18.7. The normalized spacial score (nSPS) is 19.2. The Morgan fingerprint density at radius 1 is 0.943 bits per heavy atom. The minimum absolute atomic E-state index is 0.00937. The van der Waals surface area contributed by atoms with E-state index in [1.807, 2.05) is 0 Å². The van der Waals surface area contributed by atoms with Gasteiger partial charge in [-0.25, -0.2) is 14.7 Å². The number of para-hydroxylation sites is 1. The third kappa shape index (κ3) is 4.70. The third-order valence-electron chi connectivity index (χ3n) is 5.58. The maximum absolute atomic E-state index is 12.9. The van der Waals surface area contributed by atoms with Crippen molar-refractivity contribution in [3.8, 4) is 0 Å². The van der Waals surface area contributed by atoms with Crippen molar-refractivity contribution in [1.82, 2.24) is 0 Å². The molecule has 1 aliphatic heterocycles. The number of carbonyl (C=O) groups excluding carboxylic acids is 2. The number of non-ortho nitro benzene ring substituents is 2. The lowest BCUT2D eigenvalue weighted by atomic mass is 9.97. The van der Waals surface area contributed by atoms with Gasteiger partial charge in [0.2, 0.25) is 5.78 Å². The predicted molar refractivity (Wildman–Crippen MR) is 122 cm³/mol. The first-order valence-electron chi connectivity index (χ1n) is 10.5. The van der Waals surface area contributed by atoms with Crippen LogP contribution in [0.5, 0.6) is 0 Å². The highest BCUT2D eigenvalue weighted by molar-refractivity contribution is 5.94. The van der Waals surface area contributed by atoms with Gasteiger partial charge in [-0.3, -0.25) is 25.0 Å². The van der Waals surface area contributed by atoms with Crippen molar-refractivity contribution in [3.05, 3.63) is 110 Å². The third-order valence-corrected chi connectivity index (χ3v) is 5.58. The van der Waals surface area contributed by atoms with Gasteiger partial charge in [-0.1, -0.05) is 30.3 Å². The quantitative estimate of drug-likeness (QED) is 0.272. The number of rotatable bonds is 7. The molecule has 1 fully saturated rings. The van der Waals surface area contributed by atoms with Crippen LogP contribution in [0.15, 0.2) is 78.9 Å². The minimum atomic E-state index is -2.02. The number of anilines is 1. The van der Waals surface area contributed by atoms with Crippen molar-refractivity contribution in [2.75, 3.05) is 5.06 Å². The molecule has 0 aliphatic carbocycles. The van der Waals surface area contributed by atoms with E-state index < -0.39 is 33.4 Å². The molecule has 0 N–H and O–H groups in total. The monoisotopic (exact) mass is 477 g/mol. The lowest BCUT2D eigenvalue weighted by Crippen LogP contribution is -2.43. The Bertz CT molecular complexity index is 1300. The molecule has 1 aliphatic rings. The number of nitro benzene ring substituents is 2. The Kier molecular flexibility index (Phi) is 6.26. The Morgan fingerprint density at radius 3 is 2.20 bits per heavy atom. The van der Waals surface area contributed by atoms with Crippen LogP contribution in [0.1, 0.15) is 35.3 Å². The summed E-state index contributed by atoms with van der Waals surface area (Å²) in [5.74, 6) is -3.53. The summed E-state index contributed by atoms with van der Waals surface area (Å²) in [6.07, 6.45) is -0.142. The molecule has 0 bridgehead atoms. The van der Waals surface area contributed by atoms with Crippen LogP contribution in [-0.2, 0) is 14.4 Å². The second kappa shape index (κ2) is 9.31. The summed E-state index contributed by atoms with van der Waals surface area (Å²) in [5.41, 5.74) is 0.667. The zero-order chi connectivity index (χ0) is 25.2. The fourth-order valence-electron chi connectivity index (χ4n) is 3.77. The molecule has 0 radical (unpaired) electrons. The van der Waals surface area contributed by atoms with Crippen LogP contribution in [0.25, 0.3) is 0 Å². The number of hydroxylamine groups is 1. The lowest BCUT2D eigenvalue weighted by molar-refractivity contribution is -0.385. The molecule has 2 atom stereocenters. The van der Waals surface area contributed by atoms with Gasteiger partial charge in [0, 0.05) is 31.2 Å². The molecule has 35 heavy (non-hydrogen) atoms. The number of nitrogens with zero attached hydrogens (tertiary/aromatic N) is 3. The Morgan fingerprint density at radius 2 is 1.60 bits per heavy atom. The number of Topliss-reactive ketones (excluding diaryl/α,β-unsaturated/α-hetero) is 1. The lowest BCUT2D eigenvalue weighted by Gasteiger charge is -2.27. The van der Waals surface area contributed by atoms with Gasteiger partial charge in [-0.05, 0) is 29.8 Å². The van der Waals surface area contributed by atoms with Gasteiger partial charge in [-0.2, -0.15) is 0 Å². The van der Waals surface area contributed by atoms with Crippen molar-refractivity contribution in [3.63, 3.8) is 0 Å². The summed E-state index contributed by atoms with van der Waals surface area (Å²) in [7, 11) is 0. The van der Waals surface area contributed by atoms with Crippen LogP contribution < -0.4 is 5.06 Å². The molecule has 178 valence electrons. The molecule has 0 amide bonds. The van der Waals surface area contributed by atoms with Gasteiger partial charge >= 0.3 is 5.97 Å². The molecule has 0 aromatic heterocycles. The average Bonchev–Trinajstić information content (AvgIpc) is 3.25. The molecule has 4 rings (SSSR count). The highest BCUT2D eigenvalue weighted by Gasteiger charge is 2.54. The number of hydrogen-bond donors (Lipinski definition) is 0. The van der Waals surface area contributed by atoms with Crippen molar-refractivity contribution in [2.24, 2.45) is 0 Å². The van der Waals surface area contributed by atoms with E-state index in [1.54, 1.807) is 36.4 Å². The maximum atomic E-state index is 12.9. The van der Waals surface area contributed by atoms with Crippen LogP contribution in [0.4, 0.5) is 17.1 Å². The van der Waals surface area contributed by atoms with Crippen LogP contribution in [0.2, 0.25) is 0 Å². The van der Waals surface area contributed by atoms with Gasteiger partial charge in [0.15, 0.2) is 0 Å². The average molecular weight is 477 g/mol. The number of ketones is 1. The highest BCUT2D eigenvalue weighted by atomic mass is 16.8. The molecule has 11 heteroatoms. The van der Waals surface area contributed by atoms with E-state index in [0.717, 1.165) is 12.1 Å². The molecule has 1 heterocycles. The zero-order valence-electron chi connectivity index (χ0n) is 18.4. The number of esters is 1. The number of nitro groups is 2. The minimum Gasteiger partial charge on any atom is -0.419 e. The smallest absolute Gasteiger partial charge is 0.341 e. The highest BCUT2D eigenvalue weighted by Crippen LogP contribution is 2.45. The summed E-state index contributed by atoms with van der Waals surface area (Å²) in [6.45, 7) is 1.21. The van der Waals surface area contributed by atoms with E-state index in [4.69, 9.17) is 9.57 Å². The van der Waals surface area contributed by atoms with E-state index in [1.165, 1.54) is 42.3 Å². The Labute approximate surface area is 198 Å². The summed E-state index contributed by atoms with van der Waals surface area (Å²) >= 11 is 0. The topological polar surface area (TPSA) is 142 Å². The molecule has 3 aromatic carbocycles. The molecule has 0 unspecified atom stereocenters. The maximum Gasteiger partial charge on any atom is 0.341 e. The van der Waals surface area contributed by atoms with Crippen molar-refractivity contribution in [2.45, 2.75) is 25.2 Å². The second-order valence-electron chi connectivity index (χ2n) is 7.83. The summed E-state index contributed by atoms with van der Waals surface area (Å²) < 4.78 is 5.57. The van der Waals surface area contributed by atoms with E-state index in [2.05, 4.69) is 0 Å². The number of hydrogen-bond acceptors (Lipinski definition) is 9. The Balaban J connectivity index is 1.71. The Hall–Kier alpha value is -4.64. The number of ether oxygens (including phenoxy) is 1. The van der Waals surface area contributed by atoms with Gasteiger partial charge in [0.25, 0.3) is 17.2 Å². The zero-order valence-corrected chi connectivity index (χ0v) is 18.4. The van der Waals surface area contributed by atoms with E-state index in [0.29, 0.717) is 11.3 Å². The largest absolute Gasteiger partial charge is 0.419 e. The van der Waals surface area contributed by atoms with E-state index >= 15 is 0 Å². The molecule has 0 spiro atoms. The van der Waals surface area contributed by atoms with Gasteiger partial charge in [-0.15, -0.1) is 0 Å². The number of carbonyl (C=O) groups is 2. The summed E-state index contributed by atoms with van der Waals surface area (Å²) in [5, 5.41) is 23.6. The molecule has 1 saturated heterocycles. The number of benzene rings is 3. The van der Waals surface area contributed by atoms with Crippen molar-refractivity contribution in [1.29, 1.82) is 0 Å². The summed E-state index contributed by atoms with van der Waals surface area (Å²) in [4.78, 5) is 52.7. The first kappa shape index (κ1) is 23.5. The first-order chi connectivity index (χ1) is 16.7. The van der Waals surface area contributed by atoms with Crippen LogP contribution >= 0.6 is 0 Å². The van der Waals surface area contributed by atoms with Gasteiger partial charge in [0.1, 0.15) is 0 Å². The second-order valence-corrected chi connectivity index (χ2v) is 7.83.